The summed E-state index contributed by atoms with van der Waals surface area (Å²) in [5, 5.41) is 0. The van der Waals surface area contributed by atoms with Gasteiger partial charge in [0.2, 0.25) is 5.91 Å². The predicted molar refractivity (Wildman–Crippen MR) is 75.6 cm³/mol. The molecular formula is C13H18BrN3O2. The molecule has 0 radical (unpaired) electrons. The minimum atomic E-state index is -0.464. The Morgan fingerprint density at radius 1 is 1.47 bits per heavy atom. The Labute approximate surface area is 120 Å². The van der Waals surface area contributed by atoms with Gasteiger partial charge in [-0.15, -0.1) is 0 Å². The Hall–Kier alpha value is -1.30. The molecule has 1 saturated carbocycles. The highest BCUT2D eigenvalue weighted by molar-refractivity contribution is 9.10. The Bertz CT molecular complexity index is 492. The molecule has 0 atom stereocenters. The molecule has 5 nitrogen and oxygen atoms in total. The summed E-state index contributed by atoms with van der Waals surface area (Å²) in [6, 6.07) is 1.90. The lowest BCUT2D eigenvalue weighted by Crippen LogP contribution is -2.44. The molecule has 1 aliphatic rings. The van der Waals surface area contributed by atoms with E-state index >= 15 is 0 Å². The highest BCUT2D eigenvalue weighted by Crippen LogP contribution is 2.25. The van der Waals surface area contributed by atoms with Crippen LogP contribution in [0.4, 0.5) is 0 Å². The minimum Gasteiger partial charge on any atom is -0.368 e. The monoisotopic (exact) mass is 327 g/mol. The van der Waals surface area contributed by atoms with Gasteiger partial charge in [-0.1, -0.05) is 12.8 Å². The van der Waals surface area contributed by atoms with Crippen molar-refractivity contribution in [1.82, 2.24) is 9.47 Å². The normalized spacial score (nSPS) is 15.7. The van der Waals surface area contributed by atoms with Crippen LogP contribution < -0.4 is 5.73 Å². The second kappa shape index (κ2) is 5.77. The molecular weight excluding hydrogens is 310 g/mol. The van der Waals surface area contributed by atoms with E-state index in [1.165, 1.54) is 0 Å². The average Bonchev–Trinajstić information content (AvgIpc) is 2.94. The molecule has 0 aromatic carbocycles. The Morgan fingerprint density at radius 3 is 2.58 bits per heavy atom. The topological polar surface area (TPSA) is 68.3 Å². The van der Waals surface area contributed by atoms with Crippen molar-refractivity contribution in [1.29, 1.82) is 0 Å². The van der Waals surface area contributed by atoms with Crippen LogP contribution in [-0.2, 0) is 11.8 Å². The van der Waals surface area contributed by atoms with Gasteiger partial charge in [0, 0.05) is 23.8 Å². The van der Waals surface area contributed by atoms with Gasteiger partial charge < -0.3 is 15.2 Å². The average molecular weight is 328 g/mol. The zero-order valence-electron chi connectivity index (χ0n) is 10.9. The third-order valence-electron chi connectivity index (χ3n) is 3.54. The maximum Gasteiger partial charge on any atom is 0.271 e. The van der Waals surface area contributed by atoms with Crippen molar-refractivity contribution in [2.24, 2.45) is 12.8 Å². The van der Waals surface area contributed by atoms with E-state index in [-0.39, 0.29) is 18.5 Å². The van der Waals surface area contributed by atoms with Crippen LogP contribution >= 0.6 is 15.9 Å². The van der Waals surface area contributed by atoms with Crippen molar-refractivity contribution in [3.8, 4) is 0 Å². The summed E-state index contributed by atoms with van der Waals surface area (Å²) in [5.41, 5.74) is 5.84. The second-order valence-corrected chi connectivity index (χ2v) is 5.91. The minimum absolute atomic E-state index is 0.00764. The molecule has 2 N–H and O–H groups in total. The van der Waals surface area contributed by atoms with Gasteiger partial charge in [-0.05, 0) is 34.8 Å². The van der Waals surface area contributed by atoms with Gasteiger partial charge in [0.25, 0.3) is 5.91 Å². The van der Waals surface area contributed by atoms with Gasteiger partial charge in [0.15, 0.2) is 0 Å². The summed E-state index contributed by atoms with van der Waals surface area (Å²) in [7, 11) is 1.81. The van der Waals surface area contributed by atoms with Crippen molar-refractivity contribution in [2.45, 2.75) is 31.7 Å². The van der Waals surface area contributed by atoms with Crippen LogP contribution in [0.15, 0.2) is 16.7 Å². The number of carbonyl (C=O) groups excluding carboxylic acids is 2. The van der Waals surface area contributed by atoms with E-state index in [1.54, 1.807) is 15.5 Å². The maximum absolute atomic E-state index is 12.6. The number of hydrogen-bond donors (Lipinski definition) is 1. The van der Waals surface area contributed by atoms with Crippen LogP contribution in [0.1, 0.15) is 36.2 Å². The van der Waals surface area contributed by atoms with E-state index < -0.39 is 5.91 Å². The number of nitrogens with zero attached hydrogens (tertiary/aromatic N) is 2. The number of carbonyl (C=O) groups is 2. The van der Waals surface area contributed by atoms with E-state index in [1.807, 2.05) is 13.2 Å². The summed E-state index contributed by atoms with van der Waals surface area (Å²) in [5.74, 6) is -0.590. The van der Waals surface area contributed by atoms with Crippen LogP contribution in [0.25, 0.3) is 0 Å². The molecule has 0 bridgehead atoms. The predicted octanol–water partition coefficient (Wildman–Crippen LogP) is 1.66. The first-order valence-corrected chi connectivity index (χ1v) is 7.19. The smallest absolute Gasteiger partial charge is 0.271 e. The molecule has 0 spiro atoms. The molecule has 0 unspecified atom stereocenters. The molecule has 104 valence electrons. The quantitative estimate of drug-likeness (QED) is 0.913. The third-order valence-corrected chi connectivity index (χ3v) is 3.98. The van der Waals surface area contributed by atoms with Crippen molar-refractivity contribution >= 4 is 27.7 Å². The van der Waals surface area contributed by atoms with Gasteiger partial charge in [-0.2, -0.15) is 0 Å². The Balaban J connectivity index is 2.24. The Morgan fingerprint density at radius 2 is 2.11 bits per heavy atom. The van der Waals surface area contributed by atoms with E-state index in [0.717, 1.165) is 30.2 Å². The molecule has 2 rings (SSSR count). The fourth-order valence-corrected chi connectivity index (χ4v) is 3.16. The molecule has 1 aliphatic carbocycles. The first-order chi connectivity index (χ1) is 8.99. The third kappa shape index (κ3) is 3.18. The zero-order chi connectivity index (χ0) is 14.0. The van der Waals surface area contributed by atoms with Crippen LogP contribution in [0.2, 0.25) is 0 Å². The number of rotatable bonds is 4. The summed E-state index contributed by atoms with van der Waals surface area (Å²) in [4.78, 5) is 25.4. The lowest BCUT2D eigenvalue weighted by Gasteiger charge is -2.27. The highest BCUT2D eigenvalue weighted by Gasteiger charge is 2.29. The van der Waals surface area contributed by atoms with Crippen molar-refractivity contribution in [2.75, 3.05) is 6.54 Å². The van der Waals surface area contributed by atoms with E-state index in [9.17, 15) is 9.59 Å². The lowest BCUT2D eigenvalue weighted by atomic mass is 10.2. The molecule has 6 heteroatoms. The van der Waals surface area contributed by atoms with Crippen LogP contribution in [0.3, 0.4) is 0 Å². The first-order valence-electron chi connectivity index (χ1n) is 6.40. The maximum atomic E-state index is 12.6. The van der Waals surface area contributed by atoms with E-state index in [2.05, 4.69) is 15.9 Å². The van der Waals surface area contributed by atoms with Gasteiger partial charge in [0.05, 0.1) is 6.54 Å². The molecule has 19 heavy (non-hydrogen) atoms. The van der Waals surface area contributed by atoms with Crippen LogP contribution in [0.5, 0.6) is 0 Å². The number of aryl methyl sites for hydroxylation is 1. The van der Waals surface area contributed by atoms with Gasteiger partial charge in [-0.25, -0.2) is 0 Å². The summed E-state index contributed by atoms with van der Waals surface area (Å²) in [6.07, 6.45) is 5.92. The van der Waals surface area contributed by atoms with Crippen molar-refractivity contribution < 1.29 is 9.59 Å². The van der Waals surface area contributed by atoms with Crippen LogP contribution in [0, 0.1) is 0 Å². The fourth-order valence-electron chi connectivity index (χ4n) is 2.63. The van der Waals surface area contributed by atoms with Gasteiger partial charge >= 0.3 is 0 Å². The number of hydrogen-bond acceptors (Lipinski definition) is 2. The summed E-state index contributed by atoms with van der Waals surface area (Å²) in [6.45, 7) is -0.00764. The highest BCUT2D eigenvalue weighted by atomic mass is 79.9. The second-order valence-electron chi connectivity index (χ2n) is 4.99. The largest absolute Gasteiger partial charge is 0.368 e. The van der Waals surface area contributed by atoms with E-state index in [0.29, 0.717) is 5.69 Å². The molecule has 1 aromatic rings. The number of aromatic nitrogens is 1. The zero-order valence-corrected chi connectivity index (χ0v) is 12.5. The van der Waals surface area contributed by atoms with Gasteiger partial charge in [-0.3, -0.25) is 9.59 Å². The molecule has 2 amide bonds. The van der Waals surface area contributed by atoms with E-state index in [4.69, 9.17) is 5.73 Å². The van der Waals surface area contributed by atoms with Gasteiger partial charge in [0.1, 0.15) is 5.69 Å². The number of nitrogens with two attached hydrogens (primary N) is 1. The summed E-state index contributed by atoms with van der Waals surface area (Å²) < 4.78 is 2.61. The SMILES string of the molecule is Cn1cc(Br)cc1C(=O)N(CC(N)=O)C1CCCC1. The molecule has 1 aromatic heterocycles. The number of primary amides is 1. The fraction of sp³-hybridized carbons (Fsp3) is 0.538. The Kier molecular flexibility index (Phi) is 4.29. The van der Waals surface area contributed by atoms with Crippen molar-refractivity contribution in [3.63, 3.8) is 0 Å². The first kappa shape index (κ1) is 14.1. The summed E-state index contributed by atoms with van der Waals surface area (Å²) >= 11 is 3.35. The standard InChI is InChI=1S/C13H18BrN3O2/c1-16-7-9(14)6-11(16)13(19)17(8-12(15)18)10-4-2-3-5-10/h6-7,10H,2-5,8H2,1H3,(H2,15,18). The molecule has 0 saturated heterocycles. The van der Waals surface area contributed by atoms with Crippen molar-refractivity contribution in [3.05, 3.63) is 22.4 Å². The van der Waals surface area contributed by atoms with Crippen LogP contribution in [-0.4, -0.2) is 33.9 Å². The molecule has 0 aliphatic heterocycles. The molecule has 1 fully saturated rings. The number of amides is 2. The lowest BCUT2D eigenvalue weighted by molar-refractivity contribution is -0.119. The number of halogens is 1. The molecule has 1 heterocycles.